The number of para-hydroxylation sites is 1. The first-order valence-corrected chi connectivity index (χ1v) is 11.8. The number of H-pyrrole nitrogens is 1. The number of amides is 5. The normalized spacial score (nSPS) is 14.2. The van der Waals surface area contributed by atoms with Crippen LogP contribution in [0.4, 0.5) is 0 Å². The van der Waals surface area contributed by atoms with Gasteiger partial charge in [0, 0.05) is 23.5 Å². The topological polar surface area (TPSA) is 253 Å². The van der Waals surface area contributed by atoms with Crippen molar-refractivity contribution in [2.45, 2.75) is 57.3 Å². The van der Waals surface area contributed by atoms with Gasteiger partial charge in [0.15, 0.2) is 0 Å². The highest BCUT2D eigenvalue weighted by atomic mass is 16.4. The van der Waals surface area contributed by atoms with E-state index in [-0.39, 0.29) is 6.42 Å². The summed E-state index contributed by atoms with van der Waals surface area (Å²) in [5.74, 6) is -6.09. The highest BCUT2D eigenvalue weighted by Gasteiger charge is 2.32. The minimum absolute atomic E-state index is 0.0511. The SMILES string of the molecule is CC(C)C(NC(=O)C(N)CC(N)=O)C(=O)NC(Cc1c[nH]c2ccccc12)C(=O)NC(CC(N)=O)C(=O)O. The molecule has 0 spiro atoms. The Bertz CT molecular complexity index is 1210. The number of nitrogens with one attached hydrogen (secondary N) is 4. The van der Waals surface area contributed by atoms with Gasteiger partial charge >= 0.3 is 5.97 Å². The van der Waals surface area contributed by atoms with Crippen LogP contribution in [0, 0.1) is 5.92 Å². The molecule has 38 heavy (non-hydrogen) atoms. The minimum atomic E-state index is -1.62. The van der Waals surface area contributed by atoms with Gasteiger partial charge in [0.05, 0.1) is 18.9 Å². The summed E-state index contributed by atoms with van der Waals surface area (Å²) in [4.78, 5) is 75.8. The van der Waals surface area contributed by atoms with Crippen molar-refractivity contribution in [2.75, 3.05) is 0 Å². The second-order valence-corrected chi connectivity index (χ2v) is 9.20. The van der Waals surface area contributed by atoms with Gasteiger partial charge in [-0.2, -0.15) is 0 Å². The summed E-state index contributed by atoms with van der Waals surface area (Å²) in [6.07, 6.45) is 0.516. The molecule has 4 unspecified atom stereocenters. The number of aliphatic carboxylic acids is 1. The first-order chi connectivity index (χ1) is 17.8. The summed E-state index contributed by atoms with van der Waals surface area (Å²) in [5, 5.41) is 17.4. The van der Waals surface area contributed by atoms with Gasteiger partial charge < -0.3 is 43.2 Å². The van der Waals surface area contributed by atoms with E-state index in [0.717, 1.165) is 10.9 Å². The third-order valence-corrected chi connectivity index (χ3v) is 5.76. The largest absolute Gasteiger partial charge is 0.480 e. The molecule has 0 saturated heterocycles. The fraction of sp³-hybridized carbons (Fsp3) is 0.417. The van der Waals surface area contributed by atoms with Gasteiger partial charge in [-0.15, -0.1) is 0 Å². The highest BCUT2D eigenvalue weighted by molar-refractivity contribution is 5.96. The van der Waals surface area contributed by atoms with Crippen molar-refractivity contribution in [2.24, 2.45) is 23.1 Å². The lowest BCUT2D eigenvalue weighted by Crippen LogP contribution is -2.59. The molecule has 0 aliphatic carbocycles. The number of fused-ring (bicyclic) bond motifs is 1. The number of rotatable bonds is 14. The van der Waals surface area contributed by atoms with E-state index in [1.165, 1.54) is 0 Å². The average molecular weight is 532 g/mol. The molecule has 2 rings (SSSR count). The van der Waals surface area contributed by atoms with Crippen molar-refractivity contribution < 1.29 is 33.9 Å². The quantitative estimate of drug-likeness (QED) is 0.135. The van der Waals surface area contributed by atoms with Crippen LogP contribution in [-0.4, -0.2) is 69.8 Å². The Morgan fingerprint density at radius 1 is 0.868 bits per heavy atom. The molecule has 14 heteroatoms. The predicted molar refractivity (Wildman–Crippen MR) is 136 cm³/mol. The number of aromatic amines is 1. The van der Waals surface area contributed by atoms with Crippen molar-refractivity contribution in [1.82, 2.24) is 20.9 Å². The Morgan fingerprint density at radius 3 is 2.05 bits per heavy atom. The number of primary amides is 2. The molecule has 0 fully saturated rings. The van der Waals surface area contributed by atoms with Crippen molar-refractivity contribution in [1.29, 1.82) is 0 Å². The Hall–Kier alpha value is -4.46. The number of benzene rings is 1. The van der Waals surface area contributed by atoms with E-state index in [2.05, 4.69) is 20.9 Å². The Balaban J connectivity index is 2.31. The lowest BCUT2D eigenvalue weighted by atomic mass is 10.00. The zero-order valence-electron chi connectivity index (χ0n) is 21.0. The standard InChI is InChI=1S/C24H33N7O7/c1-11(2)20(31-21(34)14(25)8-18(26)32)23(36)29-16(22(35)30-17(24(37)38)9-19(27)33)7-12-10-28-15-6-4-3-5-13(12)15/h3-6,10-11,14,16-17,20,28H,7-9,25H2,1-2H3,(H2,26,32)(H2,27,33)(H,29,36)(H,30,35)(H,31,34)(H,37,38). The van der Waals surface area contributed by atoms with Gasteiger partial charge in [0.25, 0.3) is 0 Å². The maximum atomic E-state index is 13.2. The van der Waals surface area contributed by atoms with Gasteiger partial charge in [-0.25, -0.2) is 4.79 Å². The highest BCUT2D eigenvalue weighted by Crippen LogP contribution is 2.19. The van der Waals surface area contributed by atoms with Crippen molar-refractivity contribution in [3.8, 4) is 0 Å². The van der Waals surface area contributed by atoms with Crippen LogP contribution in [0.15, 0.2) is 30.5 Å². The van der Waals surface area contributed by atoms with Crippen LogP contribution in [0.2, 0.25) is 0 Å². The summed E-state index contributed by atoms with van der Waals surface area (Å²) in [6.45, 7) is 3.29. The molecule has 2 aromatic rings. The third kappa shape index (κ3) is 8.30. The molecular formula is C24H33N7O7. The van der Waals surface area contributed by atoms with E-state index < -0.39 is 78.4 Å². The molecule has 1 aromatic heterocycles. The van der Waals surface area contributed by atoms with Crippen LogP contribution < -0.4 is 33.2 Å². The Kier molecular flexibility index (Phi) is 10.3. The number of hydrogen-bond acceptors (Lipinski definition) is 7. The van der Waals surface area contributed by atoms with Crippen LogP contribution in [0.1, 0.15) is 32.3 Å². The van der Waals surface area contributed by atoms with Crippen LogP contribution in [0.25, 0.3) is 10.9 Å². The number of carbonyl (C=O) groups is 6. The van der Waals surface area contributed by atoms with E-state index in [4.69, 9.17) is 17.2 Å². The van der Waals surface area contributed by atoms with Gasteiger partial charge in [-0.05, 0) is 17.5 Å². The summed E-state index contributed by atoms with van der Waals surface area (Å²) in [6, 6.07) is 1.89. The zero-order valence-corrected chi connectivity index (χ0v) is 21.0. The van der Waals surface area contributed by atoms with E-state index in [0.29, 0.717) is 5.56 Å². The Morgan fingerprint density at radius 2 is 1.47 bits per heavy atom. The third-order valence-electron chi connectivity index (χ3n) is 5.76. The number of carboxylic acid groups (broad SMARTS) is 1. The van der Waals surface area contributed by atoms with Crippen LogP contribution in [-0.2, 0) is 35.2 Å². The number of nitrogens with two attached hydrogens (primary N) is 3. The van der Waals surface area contributed by atoms with Crippen molar-refractivity contribution in [3.63, 3.8) is 0 Å². The van der Waals surface area contributed by atoms with Gasteiger partial charge in [-0.1, -0.05) is 32.0 Å². The average Bonchev–Trinajstić information content (AvgIpc) is 3.23. The molecule has 0 aliphatic rings. The van der Waals surface area contributed by atoms with Crippen molar-refractivity contribution in [3.05, 3.63) is 36.0 Å². The minimum Gasteiger partial charge on any atom is -0.480 e. The van der Waals surface area contributed by atoms with Gasteiger partial charge in [-0.3, -0.25) is 24.0 Å². The second-order valence-electron chi connectivity index (χ2n) is 9.20. The first kappa shape index (κ1) is 29.8. The smallest absolute Gasteiger partial charge is 0.326 e. The summed E-state index contributed by atoms with van der Waals surface area (Å²) >= 11 is 0. The fourth-order valence-electron chi connectivity index (χ4n) is 3.77. The summed E-state index contributed by atoms with van der Waals surface area (Å²) in [7, 11) is 0. The Labute approximate surface area is 218 Å². The molecule has 14 nitrogen and oxygen atoms in total. The number of carboxylic acids is 1. The molecule has 0 saturated carbocycles. The fourth-order valence-corrected chi connectivity index (χ4v) is 3.77. The molecule has 1 aromatic carbocycles. The number of carbonyl (C=O) groups excluding carboxylic acids is 5. The number of aromatic nitrogens is 1. The predicted octanol–water partition coefficient (Wildman–Crippen LogP) is -2.02. The van der Waals surface area contributed by atoms with Gasteiger partial charge in [0.1, 0.15) is 18.1 Å². The van der Waals surface area contributed by atoms with E-state index >= 15 is 0 Å². The van der Waals surface area contributed by atoms with Gasteiger partial charge in [0.2, 0.25) is 29.5 Å². The van der Waals surface area contributed by atoms with E-state index in [1.807, 2.05) is 18.2 Å². The molecule has 0 bridgehead atoms. The maximum Gasteiger partial charge on any atom is 0.326 e. The van der Waals surface area contributed by atoms with E-state index in [9.17, 15) is 33.9 Å². The molecule has 11 N–H and O–H groups in total. The first-order valence-electron chi connectivity index (χ1n) is 11.8. The molecule has 0 aliphatic heterocycles. The molecular weight excluding hydrogens is 498 g/mol. The monoisotopic (exact) mass is 531 g/mol. The second kappa shape index (κ2) is 13.2. The summed E-state index contributed by atoms with van der Waals surface area (Å²) < 4.78 is 0. The van der Waals surface area contributed by atoms with Crippen LogP contribution in [0.5, 0.6) is 0 Å². The molecule has 206 valence electrons. The lowest BCUT2D eigenvalue weighted by molar-refractivity contribution is -0.143. The number of hydrogen-bond donors (Lipinski definition) is 8. The molecule has 5 amide bonds. The maximum absolute atomic E-state index is 13.2. The summed E-state index contributed by atoms with van der Waals surface area (Å²) in [5.41, 5.74) is 17.3. The lowest BCUT2D eigenvalue weighted by Gasteiger charge is -2.27. The molecule has 0 radical (unpaired) electrons. The van der Waals surface area contributed by atoms with E-state index in [1.54, 1.807) is 26.1 Å². The zero-order chi connectivity index (χ0) is 28.6. The molecule has 1 heterocycles. The molecule has 4 atom stereocenters. The van der Waals surface area contributed by atoms with Crippen LogP contribution >= 0.6 is 0 Å². The van der Waals surface area contributed by atoms with Crippen LogP contribution in [0.3, 0.4) is 0 Å². The van der Waals surface area contributed by atoms with Crippen molar-refractivity contribution >= 4 is 46.4 Å².